The standard InChI is InChI=1S/C26H48O4/c1-3-5-7-9-14-18-22-29-24(27)26(20-16-12-11-13-17-21-26)25(28)30-23-19-15-10-8-6-4-2/h3-23H2,1-2H3. The highest BCUT2D eigenvalue weighted by atomic mass is 16.6. The van der Waals surface area contributed by atoms with E-state index in [0.29, 0.717) is 26.1 Å². The third-order valence-electron chi connectivity index (χ3n) is 6.45. The van der Waals surface area contributed by atoms with Crippen molar-refractivity contribution in [2.24, 2.45) is 5.41 Å². The van der Waals surface area contributed by atoms with Gasteiger partial charge in [0.1, 0.15) is 0 Å². The van der Waals surface area contributed by atoms with Gasteiger partial charge in [-0.05, 0) is 25.7 Å². The fraction of sp³-hybridized carbons (Fsp3) is 0.923. The van der Waals surface area contributed by atoms with Crippen LogP contribution in [-0.2, 0) is 19.1 Å². The van der Waals surface area contributed by atoms with Crippen LogP contribution in [0, 0.1) is 5.41 Å². The molecule has 0 aromatic rings. The van der Waals surface area contributed by atoms with Crippen LogP contribution >= 0.6 is 0 Å². The maximum absolute atomic E-state index is 13.0. The van der Waals surface area contributed by atoms with Gasteiger partial charge in [-0.2, -0.15) is 0 Å². The quantitative estimate of drug-likeness (QED) is 0.146. The van der Waals surface area contributed by atoms with E-state index in [1.165, 1.54) is 57.8 Å². The molecule has 1 fully saturated rings. The van der Waals surface area contributed by atoms with Gasteiger partial charge in [0.25, 0.3) is 0 Å². The van der Waals surface area contributed by atoms with Gasteiger partial charge in [0.05, 0.1) is 13.2 Å². The molecule has 0 saturated heterocycles. The highest BCUT2D eigenvalue weighted by Crippen LogP contribution is 2.37. The normalized spacial score (nSPS) is 16.5. The van der Waals surface area contributed by atoms with E-state index in [1.807, 2.05) is 0 Å². The summed E-state index contributed by atoms with van der Waals surface area (Å²) in [6.07, 6.45) is 20.2. The van der Waals surface area contributed by atoms with Crippen LogP contribution in [0.25, 0.3) is 0 Å². The van der Waals surface area contributed by atoms with E-state index < -0.39 is 5.41 Å². The monoisotopic (exact) mass is 424 g/mol. The average Bonchev–Trinajstić information content (AvgIpc) is 2.72. The minimum absolute atomic E-state index is 0.328. The maximum Gasteiger partial charge on any atom is 0.323 e. The zero-order valence-electron chi connectivity index (χ0n) is 20.0. The number of carbonyl (C=O) groups excluding carboxylic acids is 2. The van der Waals surface area contributed by atoms with Crippen LogP contribution in [0.15, 0.2) is 0 Å². The molecule has 0 atom stereocenters. The topological polar surface area (TPSA) is 52.6 Å². The third kappa shape index (κ3) is 10.8. The van der Waals surface area contributed by atoms with E-state index in [2.05, 4.69) is 13.8 Å². The molecule has 0 heterocycles. The minimum Gasteiger partial charge on any atom is -0.465 e. The summed E-state index contributed by atoms with van der Waals surface area (Å²) in [7, 11) is 0. The summed E-state index contributed by atoms with van der Waals surface area (Å²) >= 11 is 0. The first-order valence-electron chi connectivity index (χ1n) is 13.0. The van der Waals surface area contributed by atoms with Crippen LogP contribution in [0.2, 0.25) is 0 Å². The molecule has 30 heavy (non-hydrogen) atoms. The number of rotatable bonds is 16. The first kappa shape index (κ1) is 27.0. The molecule has 0 bridgehead atoms. The second-order valence-corrected chi connectivity index (χ2v) is 9.16. The van der Waals surface area contributed by atoms with Gasteiger partial charge in [-0.25, -0.2) is 0 Å². The molecule has 0 N–H and O–H groups in total. The Kier molecular flexibility index (Phi) is 15.8. The Hall–Kier alpha value is -1.06. The summed E-state index contributed by atoms with van der Waals surface area (Å²) in [5.74, 6) is -0.656. The second-order valence-electron chi connectivity index (χ2n) is 9.16. The summed E-state index contributed by atoms with van der Waals surface area (Å²) in [5.41, 5.74) is -1.06. The zero-order valence-corrected chi connectivity index (χ0v) is 20.0. The van der Waals surface area contributed by atoms with Crippen molar-refractivity contribution in [3.8, 4) is 0 Å². The van der Waals surface area contributed by atoms with E-state index in [9.17, 15) is 9.59 Å². The van der Waals surface area contributed by atoms with Gasteiger partial charge in [0.2, 0.25) is 0 Å². The molecule has 0 aromatic carbocycles. The van der Waals surface area contributed by atoms with Crippen LogP contribution < -0.4 is 0 Å². The van der Waals surface area contributed by atoms with Crippen LogP contribution in [0.1, 0.15) is 136 Å². The average molecular weight is 425 g/mol. The van der Waals surface area contributed by atoms with Gasteiger partial charge in [-0.1, -0.05) is 110 Å². The van der Waals surface area contributed by atoms with Crippen LogP contribution in [-0.4, -0.2) is 25.2 Å². The van der Waals surface area contributed by atoms with Gasteiger partial charge >= 0.3 is 11.9 Å². The van der Waals surface area contributed by atoms with Crippen molar-refractivity contribution in [2.45, 2.75) is 136 Å². The molecule has 1 rings (SSSR count). The molecule has 0 unspecified atom stereocenters. The molecule has 1 aliphatic carbocycles. The fourth-order valence-corrected chi connectivity index (χ4v) is 4.37. The van der Waals surface area contributed by atoms with Gasteiger partial charge in [-0.3, -0.25) is 9.59 Å². The molecule has 0 spiro atoms. The molecule has 0 aromatic heterocycles. The molecule has 176 valence electrons. The largest absolute Gasteiger partial charge is 0.465 e. The maximum atomic E-state index is 13.0. The van der Waals surface area contributed by atoms with E-state index in [4.69, 9.17) is 9.47 Å². The summed E-state index contributed by atoms with van der Waals surface area (Å²) in [6, 6.07) is 0. The summed E-state index contributed by atoms with van der Waals surface area (Å²) < 4.78 is 11.3. The third-order valence-corrected chi connectivity index (χ3v) is 6.45. The Morgan fingerprint density at radius 1 is 0.567 bits per heavy atom. The van der Waals surface area contributed by atoms with Crippen LogP contribution in [0.3, 0.4) is 0 Å². The number of ether oxygens (including phenoxy) is 2. The number of carbonyl (C=O) groups is 2. The number of hydrogen-bond acceptors (Lipinski definition) is 4. The molecular weight excluding hydrogens is 376 g/mol. The van der Waals surface area contributed by atoms with Gasteiger partial charge < -0.3 is 9.47 Å². The molecule has 4 heteroatoms. The molecule has 0 amide bonds. The van der Waals surface area contributed by atoms with Crippen molar-refractivity contribution in [1.29, 1.82) is 0 Å². The molecule has 1 aliphatic rings. The molecule has 0 aliphatic heterocycles. The van der Waals surface area contributed by atoms with Crippen molar-refractivity contribution in [3.63, 3.8) is 0 Å². The van der Waals surface area contributed by atoms with Crippen LogP contribution in [0.4, 0.5) is 0 Å². The molecule has 1 saturated carbocycles. The predicted molar refractivity (Wildman–Crippen MR) is 123 cm³/mol. The van der Waals surface area contributed by atoms with Crippen molar-refractivity contribution < 1.29 is 19.1 Å². The van der Waals surface area contributed by atoms with Crippen LogP contribution in [0.5, 0.6) is 0 Å². The summed E-state index contributed by atoms with van der Waals surface area (Å²) in [6.45, 7) is 5.28. The Bertz CT molecular complexity index is 406. The lowest BCUT2D eigenvalue weighted by atomic mass is 9.76. The van der Waals surface area contributed by atoms with Gasteiger partial charge in [0.15, 0.2) is 5.41 Å². The van der Waals surface area contributed by atoms with Gasteiger partial charge in [0, 0.05) is 0 Å². The van der Waals surface area contributed by atoms with Crippen molar-refractivity contribution in [1.82, 2.24) is 0 Å². The minimum atomic E-state index is -1.06. The highest BCUT2D eigenvalue weighted by molar-refractivity contribution is 6.00. The van der Waals surface area contributed by atoms with E-state index in [-0.39, 0.29) is 11.9 Å². The number of esters is 2. The first-order valence-corrected chi connectivity index (χ1v) is 13.0. The number of unbranched alkanes of at least 4 members (excludes halogenated alkanes) is 10. The predicted octanol–water partition coefficient (Wildman–Crippen LogP) is 7.52. The second kappa shape index (κ2) is 17.6. The van der Waals surface area contributed by atoms with Gasteiger partial charge in [-0.15, -0.1) is 0 Å². The lowest BCUT2D eigenvalue weighted by Gasteiger charge is -2.31. The Balaban J connectivity index is 2.49. The Labute approximate surface area is 185 Å². The van der Waals surface area contributed by atoms with E-state index in [1.54, 1.807) is 0 Å². The van der Waals surface area contributed by atoms with Crippen molar-refractivity contribution in [3.05, 3.63) is 0 Å². The SMILES string of the molecule is CCCCCCCCOC(=O)C1(C(=O)OCCCCCCCC)CCCCCCC1. The summed E-state index contributed by atoms with van der Waals surface area (Å²) in [4.78, 5) is 26.1. The lowest BCUT2D eigenvalue weighted by molar-refractivity contribution is -0.174. The summed E-state index contributed by atoms with van der Waals surface area (Å²) in [5, 5.41) is 0. The Morgan fingerprint density at radius 3 is 1.37 bits per heavy atom. The van der Waals surface area contributed by atoms with E-state index in [0.717, 1.165) is 51.4 Å². The molecular formula is C26H48O4. The molecule has 0 radical (unpaired) electrons. The lowest BCUT2D eigenvalue weighted by Crippen LogP contribution is -2.43. The van der Waals surface area contributed by atoms with Crippen molar-refractivity contribution in [2.75, 3.05) is 13.2 Å². The van der Waals surface area contributed by atoms with E-state index >= 15 is 0 Å². The first-order chi connectivity index (χ1) is 14.7. The Morgan fingerprint density at radius 2 is 0.933 bits per heavy atom. The number of hydrogen-bond donors (Lipinski definition) is 0. The highest BCUT2D eigenvalue weighted by Gasteiger charge is 2.48. The zero-order chi connectivity index (χ0) is 21.9. The van der Waals surface area contributed by atoms with Crippen molar-refractivity contribution >= 4 is 11.9 Å². The smallest absolute Gasteiger partial charge is 0.323 e. The fourth-order valence-electron chi connectivity index (χ4n) is 4.37. The molecule has 4 nitrogen and oxygen atoms in total.